The molecule has 1 rings (SSSR count). The Kier molecular flexibility index (Phi) is 5.28. The van der Waals surface area contributed by atoms with Gasteiger partial charge >= 0.3 is 0 Å². The Balaban J connectivity index is 3.28. The van der Waals surface area contributed by atoms with Gasteiger partial charge in [-0.05, 0) is 24.1 Å². The molecule has 0 fully saturated rings. The van der Waals surface area contributed by atoms with E-state index >= 15 is 0 Å². The van der Waals surface area contributed by atoms with Crippen molar-refractivity contribution >= 4 is 31.9 Å². The summed E-state index contributed by atoms with van der Waals surface area (Å²) in [5, 5.41) is 8.98. The van der Waals surface area contributed by atoms with Crippen LogP contribution in [0, 0.1) is 17.2 Å². The highest BCUT2D eigenvalue weighted by Gasteiger charge is 2.28. The zero-order valence-electron chi connectivity index (χ0n) is 10.9. The van der Waals surface area contributed by atoms with Crippen molar-refractivity contribution in [1.82, 2.24) is 4.72 Å². The van der Waals surface area contributed by atoms with Crippen molar-refractivity contribution in [3.63, 3.8) is 0 Å². The van der Waals surface area contributed by atoms with Gasteiger partial charge in [-0.2, -0.15) is 9.98 Å². The third kappa shape index (κ3) is 3.79. The fourth-order valence-corrected chi connectivity index (χ4v) is 3.61. The van der Waals surface area contributed by atoms with Gasteiger partial charge < -0.3 is 5.73 Å². The lowest BCUT2D eigenvalue weighted by Crippen LogP contribution is -2.47. The Morgan fingerprint density at radius 1 is 1.45 bits per heavy atom. The van der Waals surface area contributed by atoms with E-state index in [1.165, 1.54) is 12.1 Å². The first-order valence-corrected chi connectivity index (χ1v) is 7.98. The van der Waals surface area contributed by atoms with Crippen LogP contribution in [-0.2, 0) is 14.8 Å². The molecule has 0 spiro atoms. The van der Waals surface area contributed by atoms with Crippen LogP contribution >= 0.6 is 15.9 Å². The van der Waals surface area contributed by atoms with Crippen molar-refractivity contribution in [2.75, 3.05) is 0 Å². The molecule has 1 amide bonds. The number of hydrogen-bond donors (Lipinski definition) is 2. The van der Waals surface area contributed by atoms with E-state index in [-0.39, 0.29) is 16.4 Å². The fraction of sp³-hybridized carbons (Fsp3) is 0.333. The summed E-state index contributed by atoms with van der Waals surface area (Å²) >= 11 is 3.15. The first-order valence-electron chi connectivity index (χ1n) is 5.70. The molecule has 0 aromatic heterocycles. The van der Waals surface area contributed by atoms with E-state index in [9.17, 15) is 13.2 Å². The second kappa shape index (κ2) is 6.35. The lowest BCUT2D eigenvalue weighted by Gasteiger charge is -2.19. The maximum atomic E-state index is 12.3. The largest absolute Gasteiger partial charge is 0.368 e. The van der Waals surface area contributed by atoms with Crippen LogP contribution in [0.3, 0.4) is 0 Å². The molecule has 0 saturated carbocycles. The molecule has 3 N–H and O–H groups in total. The molecule has 1 unspecified atom stereocenters. The van der Waals surface area contributed by atoms with Crippen LogP contribution in [-0.4, -0.2) is 20.4 Å². The van der Waals surface area contributed by atoms with E-state index in [0.29, 0.717) is 4.47 Å². The molecule has 8 heteroatoms. The number of nitrogens with two attached hydrogens (primary N) is 1. The smallest absolute Gasteiger partial charge is 0.242 e. The molecule has 0 aliphatic heterocycles. The number of nitrogens with one attached hydrogen (secondary N) is 1. The molecule has 1 aromatic rings. The molecule has 6 nitrogen and oxygen atoms in total. The van der Waals surface area contributed by atoms with Gasteiger partial charge in [0.2, 0.25) is 15.9 Å². The number of carbonyl (C=O) groups is 1. The van der Waals surface area contributed by atoms with Crippen molar-refractivity contribution in [2.24, 2.45) is 11.7 Å². The predicted molar refractivity (Wildman–Crippen MR) is 77.0 cm³/mol. The Morgan fingerprint density at radius 2 is 2.05 bits per heavy atom. The Hall–Kier alpha value is -1.43. The third-order valence-electron chi connectivity index (χ3n) is 2.61. The van der Waals surface area contributed by atoms with E-state index in [1.807, 2.05) is 0 Å². The van der Waals surface area contributed by atoms with E-state index in [0.717, 1.165) is 0 Å². The van der Waals surface area contributed by atoms with Crippen molar-refractivity contribution in [3.8, 4) is 6.07 Å². The van der Waals surface area contributed by atoms with Crippen LogP contribution in [0.2, 0.25) is 0 Å². The number of carbonyl (C=O) groups excluding carboxylic acids is 1. The third-order valence-corrected chi connectivity index (χ3v) is 4.58. The SMILES string of the molecule is CC(C)C(NS(=O)(=O)c1cc(Br)ccc1C#N)C(N)=O. The zero-order valence-corrected chi connectivity index (χ0v) is 13.3. The number of nitriles is 1. The molecule has 0 aliphatic carbocycles. The first kappa shape index (κ1) is 16.6. The highest BCUT2D eigenvalue weighted by Crippen LogP contribution is 2.21. The van der Waals surface area contributed by atoms with Crippen LogP contribution in [0.1, 0.15) is 19.4 Å². The lowest BCUT2D eigenvalue weighted by atomic mass is 10.1. The van der Waals surface area contributed by atoms with Gasteiger partial charge in [-0.1, -0.05) is 29.8 Å². The van der Waals surface area contributed by atoms with Gasteiger partial charge in [-0.3, -0.25) is 4.79 Å². The standard InChI is InChI=1S/C12H14BrN3O3S/c1-7(2)11(12(15)17)16-20(18,19)10-5-9(13)4-3-8(10)6-14/h3-5,7,11,16H,1-2H3,(H2,15,17). The lowest BCUT2D eigenvalue weighted by molar-refractivity contribution is -0.120. The average molecular weight is 360 g/mol. The van der Waals surface area contributed by atoms with Crippen LogP contribution in [0.5, 0.6) is 0 Å². The number of nitrogens with zero attached hydrogens (tertiary/aromatic N) is 1. The van der Waals surface area contributed by atoms with Crippen molar-refractivity contribution < 1.29 is 13.2 Å². The molecule has 1 atom stereocenters. The minimum Gasteiger partial charge on any atom is -0.368 e. The molecule has 0 aliphatic rings. The van der Waals surface area contributed by atoms with Gasteiger partial charge in [0.25, 0.3) is 0 Å². The molecule has 0 saturated heterocycles. The summed E-state index contributed by atoms with van der Waals surface area (Å²) < 4.78 is 27.3. The quantitative estimate of drug-likeness (QED) is 0.819. The van der Waals surface area contributed by atoms with Gasteiger partial charge in [0.05, 0.1) is 5.56 Å². The maximum absolute atomic E-state index is 12.3. The Bertz CT molecular complexity index is 665. The summed E-state index contributed by atoms with van der Waals surface area (Å²) in [6, 6.07) is 5.02. The number of hydrogen-bond acceptors (Lipinski definition) is 4. The number of sulfonamides is 1. The molecule has 20 heavy (non-hydrogen) atoms. The van der Waals surface area contributed by atoms with Crippen LogP contribution in [0.15, 0.2) is 27.6 Å². The normalized spacial score (nSPS) is 12.9. The van der Waals surface area contributed by atoms with Crippen LogP contribution in [0.25, 0.3) is 0 Å². The van der Waals surface area contributed by atoms with Crippen LogP contribution in [0.4, 0.5) is 0 Å². The zero-order chi connectivity index (χ0) is 15.5. The monoisotopic (exact) mass is 359 g/mol. The molecule has 1 aromatic carbocycles. The molecule has 0 radical (unpaired) electrons. The predicted octanol–water partition coefficient (Wildman–Crippen LogP) is 1.11. The van der Waals surface area contributed by atoms with E-state index in [2.05, 4.69) is 20.7 Å². The molecule has 108 valence electrons. The molecular weight excluding hydrogens is 346 g/mol. The van der Waals surface area contributed by atoms with Crippen molar-refractivity contribution in [3.05, 3.63) is 28.2 Å². The summed E-state index contributed by atoms with van der Waals surface area (Å²) in [7, 11) is -4.02. The summed E-state index contributed by atoms with van der Waals surface area (Å²) in [4.78, 5) is 11.1. The van der Waals surface area contributed by atoms with Gasteiger partial charge in [0.1, 0.15) is 17.0 Å². The van der Waals surface area contributed by atoms with Gasteiger partial charge in [-0.15, -0.1) is 0 Å². The molecule has 0 heterocycles. The minimum absolute atomic E-state index is 0.00678. The number of amides is 1. The fourth-order valence-electron chi connectivity index (χ4n) is 1.56. The highest BCUT2D eigenvalue weighted by molar-refractivity contribution is 9.10. The van der Waals surface area contributed by atoms with Crippen molar-refractivity contribution in [2.45, 2.75) is 24.8 Å². The number of halogens is 1. The summed E-state index contributed by atoms with van der Waals surface area (Å²) in [5.74, 6) is -1.07. The highest BCUT2D eigenvalue weighted by atomic mass is 79.9. The summed E-state index contributed by atoms with van der Waals surface area (Å²) in [5.41, 5.74) is 5.18. The number of primary amides is 1. The number of benzene rings is 1. The van der Waals surface area contributed by atoms with Gasteiger partial charge in [-0.25, -0.2) is 8.42 Å². The molecular formula is C12H14BrN3O3S. The van der Waals surface area contributed by atoms with E-state index in [4.69, 9.17) is 11.0 Å². The molecule has 0 bridgehead atoms. The van der Waals surface area contributed by atoms with Gasteiger partial charge in [0, 0.05) is 4.47 Å². The second-order valence-electron chi connectivity index (χ2n) is 4.50. The Labute approximate surface area is 126 Å². The minimum atomic E-state index is -4.02. The van der Waals surface area contributed by atoms with E-state index < -0.39 is 22.0 Å². The van der Waals surface area contributed by atoms with Gasteiger partial charge in [0.15, 0.2) is 0 Å². The maximum Gasteiger partial charge on any atom is 0.242 e. The first-order chi connectivity index (χ1) is 9.19. The summed E-state index contributed by atoms with van der Waals surface area (Å²) in [6.07, 6.45) is 0. The summed E-state index contributed by atoms with van der Waals surface area (Å²) in [6.45, 7) is 3.34. The average Bonchev–Trinajstić information content (AvgIpc) is 2.35. The Morgan fingerprint density at radius 3 is 2.50 bits per heavy atom. The number of rotatable bonds is 5. The topological polar surface area (TPSA) is 113 Å². The van der Waals surface area contributed by atoms with Crippen LogP contribution < -0.4 is 10.5 Å². The van der Waals surface area contributed by atoms with E-state index in [1.54, 1.807) is 26.0 Å². The second-order valence-corrected chi connectivity index (χ2v) is 7.10. The van der Waals surface area contributed by atoms with Crippen molar-refractivity contribution in [1.29, 1.82) is 5.26 Å².